The van der Waals surface area contributed by atoms with Gasteiger partial charge in [0.15, 0.2) is 0 Å². The Morgan fingerprint density at radius 2 is 2.18 bits per heavy atom. The van der Waals surface area contributed by atoms with Crippen molar-refractivity contribution in [3.05, 3.63) is 24.3 Å². The molecule has 1 aromatic heterocycles. The molecule has 1 spiro atoms. The van der Waals surface area contributed by atoms with Crippen LogP contribution < -0.4 is 5.32 Å². The molecule has 4 heterocycles. The van der Waals surface area contributed by atoms with Gasteiger partial charge in [-0.25, -0.2) is 4.68 Å². The molecular formula is C22H27N5O6. The van der Waals surface area contributed by atoms with Crippen LogP contribution in [0.4, 0.5) is 0 Å². The van der Waals surface area contributed by atoms with Crippen LogP contribution in [0.5, 0.6) is 0 Å². The number of fused-ring (bicyclic) bond motifs is 2. The fraction of sp³-hybridized carbons (Fsp3) is 0.591. The second-order valence-corrected chi connectivity index (χ2v) is 8.86. The van der Waals surface area contributed by atoms with E-state index in [1.54, 1.807) is 18.5 Å². The standard InChI is InChI=1S/C22H27N5O6/c1-3-32-21(31)16-15-8-9-22(33-15)17(16)20(30)27(12(2)10-28)18(22)19(29)23-11-26-14-7-5-4-6-13(14)24-25-26/h4-7,12,15-18,28H,3,8-11H2,1-2H3,(H,23,29)/t12-,15-,16+,17+,18?,22?/m1/s1. The largest absolute Gasteiger partial charge is 0.466 e. The van der Waals surface area contributed by atoms with Crippen molar-refractivity contribution in [3.8, 4) is 0 Å². The Morgan fingerprint density at radius 1 is 1.39 bits per heavy atom. The summed E-state index contributed by atoms with van der Waals surface area (Å²) in [7, 11) is 0. The molecule has 3 aliphatic heterocycles. The zero-order chi connectivity index (χ0) is 23.3. The Balaban J connectivity index is 1.45. The summed E-state index contributed by atoms with van der Waals surface area (Å²) in [5, 5.41) is 20.9. The third kappa shape index (κ3) is 3.13. The number of hydrogen-bond acceptors (Lipinski definition) is 8. The van der Waals surface area contributed by atoms with Crippen LogP contribution in [-0.4, -0.2) is 79.8 Å². The van der Waals surface area contributed by atoms with E-state index in [0.717, 1.165) is 5.52 Å². The van der Waals surface area contributed by atoms with E-state index >= 15 is 0 Å². The van der Waals surface area contributed by atoms with Gasteiger partial charge in [-0.15, -0.1) is 5.10 Å². The Kier molecular flexibility index (Phi) is 5.32. The number of nitrogens with one attached hydrogen (secondary N) is 1. The molecule has 0 saturated carbocycles. The van der Waals surface area contributed by atoms with Gasteiger partial charge in [0.05, 0.1) is 42.7 Å². The van der Waals surface area contributed by atoms with Gasteiger partial charge in [0, 0.05) is 0 Å². The number of para-hydroxylation sites is 1. The quantitative estimate of drug-likeness (QED) is 0.547. The summed E-state index contributed by atoms with van der Waals surface area (Å²) in [4.78, 5) is 41.2. The number of aliphatic hydroxyl groups excluding tert-OH is 1. The summed E-state index contributed by atoms with van der Waals surface area (Å²) in [6, 6.07) is 5.79. The number of nitrogens with zero attached hydrogens (tertiary/aromatic N) is 4. The van der Waals surface area contributed by atoms with Crippen LogP contribution in [-0.2, 0) is 30.5 Å². The summed E-state index contributed by atoms with van der Waals surface area (Å²) in [6.45, 7) is 3.31. The van der Waals surface area contributed by atoms with Crippen molar-refractivity contribution >= 4 is 28.8 Å². The lowest BCUT2D eigenvalue weighted by Crippen LogP contribution is -2.57. The first-order chi connectivity index (χ1) is 15.9. The highest BCUT2D eigenvalue weighted by Crippen LogP contribution is 2.58. The lowest BCUT2D eigenvalue weighted by atomic mass is 9.71. The van der Waals surface area contributed by atoms with Crippen LogP contribution in [0.15, 0.2) is 24.3 Å². The zero-order valence-electron chi connectivity index (χ0n) is 18.5. The van der Waals surface area contributed by atoms with Gasteiger partial charge in [-0.1, -0.05) is 17.3 Å². The number of aliphatic hydroxyl groups is 1. The molecule has 33 heavy (non-hydrogen) atoms. The van der Waals surface area contributed by atoms with Gasteiger partial charge in [-0.05, 0) is 38.8 Å². The molecule has 3 saturated heterocycles. The van der Waals surface area contributed by atoms with Gasteiger partial charge in [-0.3, -0.25) is 14.4 Å². The fourth-order valence-electron chi connectivity index (χ4n) is 5.74. The predicted molar refractivity (Wildman–Crippen MR) is 113 cm³/mol. The van der Waals surface area contributed by atoms with E-state index in [1.807, 2.05) is 24.3 Å². The van der Waals surface area contributed by atoms with Crippen LogP contribution in [0.1, 0.15) is 26.7 Å². The first kappa shape index (κ1) is 21.8. The number of ether oxygens (including phenoxy) is 2. The average molecular weight is 457 g/mol. The second-order valence-electron chi connectivity index (χ2n) is 8.86. The maximum absolute atomic E-state index is 13.5. The van der Waals surface area contributed by atoms with E-state index in [1.165, 1.54) is 4.90 Å². The number of likely N-dealkylation sites (tertiary alicyclic amines) is 1. The molecule has 2 N–H and O–H groups in total. The van der Waals surface area contributed by atoms with E-state index in [2.05, 4.69) is 15.6 Å². The Bertz CT molecular complexity index is 1100. The zero-order valence-corrected chi connectivity index (χ0v) is 18.5. The summed E-state index contributed by atoms with van der Waals surface area (Å²) in [6.07, 6.45) is 0.578. The Labute approximate surface area is 190 Å². The SMILES string of the molecule is CCOC(=O)[C@@H]1[C@H]2C(=O)N([C@H](C)CO)C(C(=O)NCn3nnc4ccccc43)C23CC[C@H]1O3. The van der Waals surface area contributed by atoms with Crippen LogP contribution in [0.3, 0.4) is 0 Å². The molecule has 176 valence electrons. The molecular weight excluding hydrogens is 430 g/mol. The number of aromatic nitrogens is 3. The van der Waals surface area contributed by atoms with Crippen LogP contribution in [0, 0.1) is 11.8 Å². The van der Waals surface area contributed by atoms with Gasteiger partial charge in [0.25, 0.3) is 0 Å². The highest BCUT2D eigenvalue weighted by Gasteiger charge is 2.75. The van der Waals surface area contributed by atoms with Crippen molar-refractivity contribution in [2.75, 3.05) is 13.2 Å². The van der Waals surface area contributed by atoms with Crippen LogP contribution >= 0.6 is 0 Å². The Hall–Kier alpha value is -3.05. The van der Waals surface area contributed by atoms with E-state index < -0.39 is 47.5 Å². The van der Waals surface area contributed by atoms with E-state index in [9.17, 15) is 19.5 Å². The molecule has 1 aromatic carbocycles. The molecule has 5 rings (SSSR count). The molecule has 2 bridgehead atoms. The van der Waals surface area contributed by atoms with Crippen molar-refractivity contribution in [1.29, 1.82) is 0 Å². The molecule has 2 aromatic rings. The average Bonchev–Trinajstić information content (AvgIpc) is 3.56. The number of hydrogen-bond donors (Lipinski definition) is 2. The van der Waals surface area contributed by atoms with Crippen molar-refractivity contribution in [3.63, 3.8) is 0 Å². The summed E-state index contributed by atoms with van der Waals surface area (Å²) < 4.78 is 13.1. The van der Waals surface area contributed by atoms with Crippen molar-refractivity contribution < 1.29 is 29.0 Å². The number of esters is 1. The third-order valence-corrected chi connectivity index (χ3v) is 7.11. The number of carbonyl (C=O) groups excluding carboxylic acids is 3. The number of benzene rings is 1. The molecule has 2 amide bonds. The highest BCUT2D eigenvalue weighted by atomic mass is 16.6. The van der Waals surface area contributed by atoms with Crippen molar-refractivity contribution in [1.82, 2.24) is 25.2 Å². The molecule has 0 radical (unpaired) electrons. The maximum Gasteiger partial charge on any atom is 0.312 e. The monoisotopic (exact) mass is 457 g/mol. The molecule has 3 aliphatic rings. The van der Waals surface area contributed by atoms with Gasteiger partial charge in [-0.2, -0.15) is 0 Å². The van der Waals surface area contributed by atoms with Crippen LogP contribution in [0.2, 0.25) is 0 Å². The minimum Gasteiger partial charge on any atom is -0.466 e. The molecule has 2 unspecified atom stereocenters. The van der Waals surface area contributed by atoms with Crippen molar-refractivity contribution in [2.45, 2.75) is 57.1 Å². The summed E-state index contributed by atoms with van der Waals surface area (Å²) in [5.41, 5.74) is 0.335. The second kappa shape index (κ2) is 8.07. The Morgan fingerprint density at radius 3 is 2.94 bits per heavy atom. The normalized spacial score (nSPS) is 31.1. The van der Waals surface area contributed by atoms with Crippen LogP contribution in [0.25, 0.3) is 11.0 Å². The lowest BCUT2D eigenvalue weighted by Gasteiger charge is -2.35. The lowest BCUT2D eigenvalue weighted by molar-refractivity contribution is -0.155. The molecule has 0 aliphatic carbocycles. The van der Waals surface area contributed by atoms with Gasteiger partial charge >= 0.3 is 5.97 Å². The maximum atomic E-state index is 13.5. The summed E-state index contributed by atoms with van der Waals surface area (Å²) >= 11 is 0. The number of amides is 2. The minimum absolute atomic E-state index is 0.0524. The first-order valence-electron chi connectivity index (χ1n) is 11.3. The van der Waals surface area contributed by atoms with E-state index in [4.69, 9.17) is 9.47 Å². The smallest absolute Gasteiger partial charge is 0.312 e. The predicted octanol–water partition coefficient (Wildman–Crippen LogP) is -0.176. The molecule has 3 fully saturated rings. The van der Waals surface area contributed by atoms with Gasteiger partial charge < -0.3 is 24.8 Å². The topological polar surface area (TPSA) is 136 Å². The van der Waals surface area contributed by atoms with Crippen molar-refractivity contribution in [2.24, 2.45) is 11.8 Å². The minimum atomic E-state index is -1.13. The van der Waals surface area contributed by atoms with Gasteiger partial charge in [0.2, 0.25) is 11.8 Å². The van der Waals surface area contributed by atoms with E-state index in [0.29, 0.717) is 18.4 Å². The molecule has 6 atom stereocenters. The fourth-order valence-corrected chi connectivity index (χ4v) is 5.74. The molecule has 11 nitrogen and oxygen atoms in total. The number of carbonyl (C=O) groups is 3. The first-order valence-corrected chi connectivity index (χ1v) is 11.3. The number of rotatable bonds is 7. The highest BCUT2D eigenvalue weighted by molar-refractivity contribution is 5.98. The van der Waals surface area contributed by atoms with E-state index in [-0.39, 0.29) is 25.8 Å². The van der Waals surface area contributed by atoms with Gasteiger partial charge in [0.1, 0.15) is 23.8 Å². The third-order valence-electron chi connectivity index (χ3n) is 7.11. The summed E-state index contributed by atoms with van der Waals surface area (Å²) in [5.74, 6) is -2.82. The molecule has 11 heteroatoms.